The highest BCUT2D eigenvalue weighted by Gasteiger charge is 2.20. The van der Waals surface area contributed by atoms with Gasteiger partial charge in [-0.2, -0.15) is 10.5 Å². The molecule has 0 aliphatic carbocycles. The Labute approximate surface area is 241 Å². The van der Waals surface area contributed by atoms with Crippen LogP contribution in [0.4, 0.5) is 0 Å². The molecule has 0 atom stereocenters. The van der Waals surface area contributed by atoms with Gasteiger partial charge in [0.05, 0.1) is 33.9 Å². The van der Waals surface area contributed by atoms with Gasteiger partial charge in [0.1, 0.15) is 17.2 Å². The van der Waals surface area contributed by atoms with E-state index in [4.69, 9.17) is 4.42 Å². The van der Waals surface area contributed by atoms with E-state index in [1.165, 1.54) is 0 Å². The topological polar surface area (TPSA) is 65.7 Å². The Morgan fingerprint density at radius 1 is 0.500 bits per heavy atom. The maximum absolute atomic E-state index is 10.4. The summed E-state index contributed by atoms with van der Waals surface area (Å²) in [6.07, 6.45) is 0. The van der Waals surface area contributed by atoms with Gasteiger partial charge in [0.15, 0.2) is 0 Å². The van der Waals surface area contributed by atoms with Crippen molar-refractivity contribution in [1.82, 2.24) is 4.57 Å². The van der Waals surface area contributed by atoms with Gasteiger partial charge < -0.3 is 8.98 Å². The standard InChI is InChI=1S/C38H21N3O/c39-22-24-16-18-36-32(20-24)33-21-25(17-19-37(33)42-36)27-9-1-2-10-28(27)31-13-7-8-26(23-40)38(31)41-34-14-5-3-11-29(34)30-12-4-6-15-35(30)41/h1-21H. The normalized spacial score (nSPS) is 11.3. The second kappa shape index (κ2) is 9.24. The lowest BCUT2D eigenvalue weighted by atomic mass is 9.91. The molecule has 42 heavy (non-hydrogen) atoms. The molecule has 8 rings (SSSR count). The van der Waals surface area contributed by atoms with Crippen LogP contribution in [0.1, 0.15) is 11.1 Å². The highest BCUT2D eigenvalue weighted by Crippen LogP contribution is 2.42. The van der Waals surface area contributed by atoms with Crippen LogP contribution in [-0.4, -0.2) is 4.57 Å². The lowest BCUT2D eigenvalue weighted by Crippen LogP contribution is -2.01. The van der Waals surface area contributed by atoms with Crippen LogP contribution in [-0.2, 0) is 0 Å². The van der Waals surface area contributed by atoms with Gasteiger partial charge in [-0.15, -0.1) is 0 Å². The molecule has 0 amide bonds. The van der Waals surface area contributed by atoms with Crippen molar-refractivity contribution < 1.29 is 4.42 Å². The third kappa shape index (κ3) is 3.47. The highest BCUT2D eigenvalue weighted by atomic mass is 16.3. The van der Waals surface area contributed by atoms with Crippen LogP contribution in [0.25, 0.3) is 71.7 Å². The van der Waals surface area contributed by atoms with Gasteiger partial charge in [-0.25, -0.2) is 0 Å². The van der Waals surface area contributed by atoms with E-state index in [9.17, 15) is 10.5 Å². The van der Waals surface area contributed by atoms with E-state index in [0.717, 1.165) is 71.7 Å². The van der Waals surface area contributed by atoms with E-state index in [-0.39, 0.29) is 0 Å². The van der Waals surface area contributed by atoms with E-state index < -0.39 is 0 Å². The van der Waals surface area contributed by atoms with Crippen molar-refractivity contribution in [2.75, 3.05) is 0 Å². The molecule has 2 heterocycles. The number of aromatic nitrogens is 1. The fourth-order valence-electron chi connectivity index (χ4n) is 6.24. The molecule has 0 aliphatic rings. The summed E-state index contributed by atoms with van der Waals surface area (Å²) in [5.74, 6) is 0. The fraction of sp³-hybridized carbons (Fsp3) is 0. The maximum Gasteiger partial charge on any atom is 0.135 e. The molecule has 6 aromatic carbocycles. The summed E-state index contributed by atoms with van der Waals surface area (Å²) in [4.78, 5) is 0. The van der Waals surface area contributed by atoms with Gasteiger partial charge in [0.2, 0.25) is 0 Å². The van der Waals surface area contributed by atoms with Crippen molar-refractivity contribution in [2.24, 2.45) is 0 Å². The number of fused-ring (bicyclic) bond motifs is 6. The predicted molar refractivity (Wildman–Crippen MR) is 168 cm³/mol. The van der Waals surface area contributed by atoms with Crippen molar-refractivity contribution in [2.45, 2.75) is 0 Å². The van der Waals surface area contributed by atoms with Gasteiger partial charge in [0.25, 0.3) is 0 Å². The van der Waals surface area contributed by atoms with E-state index >= 15 is 0 Å². The smallest absolute Gasteiger partial charge is 0.135 e. The maximum atomic E-state index is 10.4. The van der Waals surface area contributed by atoms with Gasteiger partial charge in [-0.3, -0.25) is 0 Å². The van der Waals surface area contributed by atoms with Crippen LogP contribution in [0, 0.1) is 22.7 Å². The third-order valence-electron chi connectivity index (χ3n) is 8.09. The molecule has 2 aromatic heterocycles. The minimum Gasteiger partial charge on any atom is -0.456 e. The van der Waals surface area contributed by atoms with E-state index in [2.05, 4.69) is 83.4 Å². The highest BCUT2D eigenvalue weighted by molar-refractivity contribution is 6.10. The number of hydrogen-bond donors (Lipinski definition) is 0. The van der Waals surface area contributed by atoms with Crippen molar-refractivity contribution in [1.29, 1.82) is 10.5 Å². The molecule has 0 bridgehead atoms. The molecule has 0 saturated heterocycles. The summed E-state index contributed by atoms with van der Waals surface area (Å²) < 4.78 is 8.32. The number of nitriles is 2. The fourth-order valence-corrected chi connectivity index (χ4v) is 6.24. The summed E-state index contributed by atoms with van der Waals surface area (Å²) >= 11 is 0. The molecule has 0 aliphatic heterocycles. The molecular formula is C38H21N3O. The number of para-hydroxylation sites is 3. The second-order valence-corrected chi connectivity index (χ2v) is 10.4. The third-order valence-corrected chi connectivity index (χ3v) is 8.09. The molecule has 0 radical (unpaired) electrons. The summed E-state index contributed by atoms with van der Waals surface area (Å²) in [5.41, 5.74) is 9.77. The Hall–Kier alpha value is -6.10. The largest absolute Gasteiger partial charge is 0.456 e. The molecule has 0 N–H and O–H groups in total. The summed E-state index contributed by atoms with van der Waals surface area (Å²) in [6, 6.07) is 47.4. The molecule has 8 aromatic rings. The van der Waals surface area contributed by atoms with Crippen molar-refractivity contribution in [3.8, 4) is 40.1 Å². The first-order chi connectivity index (χ1) is 20.7. The zero-order chi connectivity index (χ0) is 28.2. The molecule has 0 spiro atoms. The molecule has 0 unspecified atom stereocenters. The van der Waals surface area contributed by atoms with Gasteiger partial charge in [-0.05, 0) is 65.2 Å². The van der Waals surface area contributed by atoms with Gasteiger partial charge in [-0.1, -0.05) is 78.9 Å². The van der Waals surface area contributed by atoms with Crippen LogP contribution >= 0.6 is 0 Å². The van der Waals surface area contributed by atoms with Crippen LogP contribution in [0.5, 0.6) is 0 Å². The van der Waals surface area contributed by atoms with Crippen molar-refractivity contribution >= 4 is 43.7 Å². The molecule has 194 valence electrons. The van der Waals surface area contributed by atoms with Crippen LogP contribution < -0.4 is 0 Å². The minimum atomic E-state index is 0.597. The summed E-state index contributed by atoms with van der Waals surface area (Å²) in [6.45, 7) is 0. The molecular weight excluding hydrogens is 514 g/mol. The quantitative estimate of drug-likeness (QED) is 0.226. The SMILES string of the molecule is N#Cc1ccc2oc3ccc(-c4ccccc4-c4cccc(C#N)c4-n4c5ccccc5c5ccccc54)cc3c2c1. The Morgan fingerprint density at radius 3 is 1.83 bits per heavy atom. The average Bonchev–Trinajstić information content (AvgIpc) is 3.59. The lowest BCUT2D eigenvalue weighted by molar-refractivity contribution is 0.669. The van der Waals surface area contributed by atoms with Crippen molar-refractivity contribution in [3.63, 3.8) is 0 Å². The van der Waals surface area contributed by atoms with Gasteiger partial charge in [0, 0.05) is 27.1 Å². The van der Waals surface area contributed by atoms with E-state index in [1.807, 2.05) is 54.6 Å². The van der Waals surface area contributed by atoms with Gasteiger partial charge >= 0.3 is 0 Å². The number of benzene rings is 6. The minimum absolute atomic E-state index is 0.597. The first-order valence-electron chi connectivity index (χ1n) is 13.7. The monoisotopic (exact) mass is 535 g/mol. The Balaban J connectivity index is 1.42. The second-order valence-electron chi connectivity index (χ2n) is 10.4. The predicted octanol–water partition coefficient (Wildman–Crippen LogP) is 9.76. The summed E-state index contributed by atoms with van der Waals surface area (Å²) in [7, 11) is 0. The summed E-state index contributed by atoms with van der Waals surface area (Å²) in [5, 5.41) is 24.0. The Bertz CT molecular complexity index is 2390. The zero-order valence-corrected chi connectivity index (χ0v) is 22.4. The van der Waals surface area contributed by atoms with E-state index in [0.29, 0.717) is 11.1 Å². The zero-order valence-electron chi connectivity index (χ0n) is 22.4. The van der Waals surface area contributed by atoms with Crippen molar-refractivity contribution in [3.05, 3.63) is 139 Å². The Kier molecular flexibility index (Phi) is 5.22. The first-order valence-corrected chi connectivity index (χ1v) is 13.7. The molecule has 4 heteroatoms. The van der Waals surface area contributed by atoms with E-state index in [1.54, 1.807) is 6.07 Å². The van der Waals surface area contributed by atoms with Crippen LogP contribution in [0.3, 0.4) is 0 Å². The van der Waals surface area contributed by atoms with Crippen LogP contribution in [0.2, 0.25) is 0 Å². The Morgan fingerprint density at radius 2 is 1.12 bits per heavy atom. The molecule has 0 fully saturated rings. The average molecular weight is 536 g/mol. The molecule has 0 saturated carbocycles. The molecule has 4 nitrogen and oxygen atoms in total. The number of rotatable bonds is 3. The lowest BCUT2D eigenvalue weighted by Gasteiger charge is -2.18. The van der Waals surface area contributed by atoms with Crippen LogP contribution in [0.15, 0.2) is 132 Å². The number of hydrogen-bond acceptors (Lipinski definition) is 3. The first kappa shape index (κ1) is 23.8. The number of furan rings is 1. The number of nitrogens with zero attached hydrogens (tertiary/aromatic N) is 3.